The molecular formula is C48H35N3. The van der Waals surface area contributed by atoms with Crippen LogP contribution in [0.2, 0.25) is 0 Å². The number of nitrogens with zero attached hydrogens (tertiary/aromatic N) is 3. The summed E-state index contributed by atoms with van der Waals surface area (Å²) in [7, 11) is 0. The van der Waals surface area contributed by atoms with Crippen LogP contribution in [0.3, 0.4) is 0 Å². The third-order valence-corrected chi connectivity index (χ3v) is 10.4. The molecule has 0 saturated heterocycles. The molecule has 0 atom stereocenters. The second kappa shape index (κ2) is 12.1. The SMILES string of the molecule is CC1(C)c2cc3cc(N(c4ccccc4)c4ccccc4)ccc3cc2-c2c1cc1cc(N(c3ccccc3)c3ccccc3)ccc1c2C#N. The van der Waals surface area contributed by atoms with Gasteiger partial charge in [-0.1, -0.05) is 98.8 Å². The lowest BCUT2D eigenvalue weighted by atomic mass is 9.81. The van der Waals surface area contributed by atoms with Crippen molar-refractivity contribution < 1.29 is 0 Å². The van der Waals surface area contributed by atoms with E-state index in [0.29, 0.717) is 0 Å². The van der Waals surface area contributed by atoms with Crippen molar-refractivity contribution >= 4 is 55.7 Å². The van der Waals surface area contributed by atoms with Gasteiger partial charge in [0.2, 0.25) is 0 Å². The lowest BCUT2D eigenvalue weighted by Crippen LogP contribution is -2.15. The predicted molar refractivity (Wildman–Crippen MR) is 213 cm³/mol. The summed E-state index contributed by atoms with van der Waals surface area (Å²) in [6.07, 6.45) is 0. The minimum absolute atomic E-state index is 0.304. The fourth-order valence-electron chi connectivity index (χ4n) is 7.92. The summed E-state index contributed by atoms with van der Waals surface area (Å²) < 4.78 is 0. The Kier molecular flexibility index (Phi) is 7.19. The summed E-state index contributed by atoms with van der Waals surface area (Å²) in [6.45, 7) is 4.59. The third-order valence-electron chi connectivity index (χ3n) is 10.4. The van der Waals surface area contributed by atoms with Gasteiger partial charge < -0.3 is 9.80 Å². The van der Waals surface area contributed by atoms with Crippen molar-refractivity contribution in [1.29, 1.82) is 5.26 Å². The molecule has 3 heteroatoms. The smallest absolute Gasteiger partial charge is 0.100 e. The van der Waals surface area contributed by atoms with E-state index in [9.17, 15) is 5.26 Å². The van der Waals surface area contributed by atoms with Gasteiger partial charge in [-0.2, -0.15) is 5.26 Å². The van der Waals surface area contributed by atoms with E-state index in [0.717, 1.165) is 67.0 Å². The third kappa shape index (κ3) is 5.04. The Morgan fingerprint density at radius 3 is 1.37 bits per heavy atom. The maximum Gasteiger partial charge on any atom is 0.100 e. The Labute approximate surface area is 298 Å². The van der Waals surface area contributed by atoms with Gasteiger partial charge in [0.25, 0.3) is 0 Å². The maximum atomic E-state index is 10.8. The second-order valence-corrected chi connectivity index (χ2v) is 13.8. The summed E-state index contributed by atoms with van der Waals surface area (Å²) in [6, 6.07) is 64.8. The Hall–Kier alpha value is -6.63. The van der Waals surface area contributed by atoms with Crippen LogP contribution < -0.4 is 9.80 Å². The second-order valence-electron chi connectivity index (χ2n) is 13.8. The average Bonchev–Trinajstić information content (AvgIpc) is 3.39. The monoisotopic (exact) mass is 653 g/mol. The van der Waals surface area contributed by atoms with Crippen molar-refractivity contribution in [1.82, 2.24) is 0 Å². The molecule has 0 unspecified atom stereocenters. The fourth-order valence-corrected chi connectivity index (χ4v) is 7.92. The van der Waals surface area contributed by atoms with Crippen LogP contribution in [0.15, 0.2) is 176 Å². The van der Waals surface area contributed by atoms with Crippen molar-refractivity contribution in [3.05, 3.63) is 193 Å². The van der Waals surface area contributed by atoms with Crippen molar-refractivity contribution in [2.24, 2.45) is 0 Å². The quantitative estimate of drug-likeness (QED) is 0.179. The van der Waals surface area contributed by atoms with Gasteiger partial charge in [-0.3, -0.25) is 0 Å². The summed E-state index contributed by atoms with van der Waals surface area (Å²) in [4.78, 5) is 4.58. The molecule has 0 N–H and O–H groups in total. The van der Waals surface area contributed by atoms with Crippen molar-refractivity contribution in [3.8, 4) is 17.2 Å². The molecule has 0 bridgehead atoms. The van der Waals surface area contributed by atoms with Crippen molar-refractivity contribution in [2.75, 3.05) is 9.80 Å². The molecule has 0 amide bonds. The van der Waals surface area contributed by atoms with Gasteiger partial charge in [0.05, 0.1) is 5.56 Å². The Morgan fingerprint density at radius 1 is 0.431 bits per heavy atom. The first kappa shape index (κ1) is 30.4. The number of hydrogen-bond acceptors (Lipinski definition) is 3. The first-order valence-electron chi connectivity index (χ1n) is 17.4. The van der Waals surface area contributed by atoms with Gasteiger partial charge >= 0.3 is 0 Å². The van der Waals surface area contributed by atoms with Crippen LogP contribution in [0.4, 0.5) is 34.1 Å². The van der Waals surface area contributed by atoms with Crippen molar-refractivity contribution in [3.63, 3.8) is 0 Å². The number of anilines is 6. The standard InChI is InChI=1S/C48H35N3/c1-48(2)45-30-34-27-40(50(36-15-7-3-8-16-36)37-17-9-4-10-18-37)24-23-33(34)29-43(45)47-44(32-49)42-26-25-41(28-35(42)31-46(47)48)51(38-19-11-5-12-20-38)39-21-13-6-14-22-39/h3-31H,1-2H3. The van der Waals surface area contributed by atoms with Gasteiger partial charge in [-0.05, 0) is 124 Å². The van der Waals surface area contributed by atoms with Crippen LogP contribution in [-0.2, 0) is 5.41 Å². The van der Waals surface area contributed by atoms with Crippen molar-refractivity contribution in [2.45, 2.75) is 19.3 Å². The molecule has 0 heterocycles. The first-order valence-corrected chi connectivity index (χ1v) is 17.4. The van der Waals surface area contributed by atoms with Gasteiger partial charge in [-0.25, -0.2) is 0 Å². The van der Waals surface area contributed by atoms with E-state index in [1.54, 1.807) is 0 Å². The summed E-state index contributed by atoms with van der Waals surface area (Å²) >= 11 is 0. The van der Waals surface area contributed by atoms with E-state index >= 15 is 0 Å². The van der Waals surface area contributed by atoms with Gasteiger partial charge in [0.15, 0.2) is 0 Å². The fraction of sp³-hybridized carbons (Fsp3) is 0.0625. The Morgan fingerprint density at radius 2 is 0.882 bits per heavy atom. The largest absolute Gasteiger partial charge is 0.310 e. The molecule has 0 aliphatic heterocycles. The molecule has 9 rings (SSSR count). The highest BCUT2D eigenvalue weighted by molar-refractivity contribution is 6.04. The molecule has 0 fully saturated rings. The van der Waals surface area contributed by atoms with Crippen LogP contribution in [-0.4, -0.2) is 0 Å². The van der Waals surface area contributed by atoms with Crippen LogP contribution >= 0.6 is 0 Å². The van der Waals surface area contributed by atoms with Crippen LogP contribution in [0, 0.1) is 11.3 Å². The average molecular weight is 654 g/mol. The molecule has 3 nitrogen and oxygen atoms in total. The zero-order chi connectivity index (χ0) is 34.5. The molecule has 0 spiro atoms. The van der Waals surface area contributed by atoms with Crippen LogP contribution in [0.25, 0.3) is 32.7 Å². The Bertz CT molecular complexity index is 2530. The predicted octanol–water partition coefficient (Wildman–Crippen LogP) is 13.1. The van der Waals surface area contributed by atoms with E-state index in [1.165, 1.54) is 16.5 Å². The number of fused-ring (bicyclic) bond motifs is 5. The molecular weight excluding hydrogens is 619 g/mol. The normalized spacial score (nSPS) is 12.6. The highest BCUT2D eigenvalue weighted by Gasteiger charge is 2.38. The van der Waals surface area contributed by atoms with Gasteiger partial charge in [-0.15, -0.1) is 0 Å². The lowest BCUT2D eigenvalue weighted by Gasteiger charge is -2.26. The number of benzene rings is 8. The molecule has 51 heavy (non-hydrogen) atoms. The number of nitriles is 1. The highest BCUT2D eigenvalue weighted by atomic mass is 15.1. The zero-order valence-electron chi connectivity index (χ0n) is 28.6. The topological polar surface area (TPSA) is 30.3 Å². The molecule has 8 aromatic rings. The minimum Gasteiger partial charge on any atom is -0.310 e. The lowest BCUT2D eigenvalue weighted by molar-refractivity contribution is 0.662. The maximum absolute atomic E-state index is 10.8. The van der Waals surface area contributed by atoms with E-state index in [-0.39, 0.29) is 5.41 Å². The summed E-state index contributed by atoms with van der Waals surface area (Å²) in [5.41, 5.74) is 11.6. The van der Waals surface area contributed by atoms with Crippen LogP contribution in [0.1, 0.15) is 30.5 Å². The highest BCUT2D eigenvalue weighted by Crippen LogP contribution is 2.53. The first-order chi connectivity index (χ1) is 25.0. The van der Waals surface area contributed by atoms with Crippen LogP contribution in [0.5, 0.6) is 0 Å². The number of rotatable bonds is 6. The molecule has 0 saturated carbocycles. The summed E-state index contributed by atoms with van der Waals surface area (Å²) in [5.74, 6) is 0. The molecule has 8 aromatic carbocycles. The molecule has 0 radical (unpaired) electrons. The van der Waals surface area contributed by atoms with Gasteiger partial charge in [0, 0.05) is 50.5 Å². The Balaban J connectivity index is 1.19. The number of hydrogen-bond donors (Lipinski definition) is 0. The molecule has 1 aliphatic rings. The minimum atomic E-state index is -0.304. The van der Waals surface area contributed by atoms with E-state index in [2.05, 4.69) is 194 Å². The van der Waals surface area contributed by atoms with E-state index in [1.807, 2.05) is 12.1 Å². The molecule has 1 aliphatic carbocycles. The van der Waals surface area contributed by atoms with E-state index < -0.39 is 0 Å². The number of para-hydroxylation sites is 4. The van der Waals surface area contributed by atoms with E-state index in [4.69, 9.17) is 0 Å². The summed E-state index contributed by atoms with van der Waals surface area (Å²) in [5, 5.41) is 15.2. The zero-order valence-corrected chi connectivity index (χ0v) is 28.6. The molecule has 242 valence electrons. The van der Waals surface area contributed by atoms with Gasteiger partial charge in [0.1, 0.15) is 6.07 Å². The molecule has 0 aromatic heterocycles.